The molecule has 200 valence electrons. The molecule has 8 nitrogen and oxygen atoms in total. The van der Waals surface area contributed by atoms with E-state index in [2.05, 4.69) is 10.0 Å². The van der Waals surface area contributed by atoms with Gasteiger partial charge in [0.15, 0.2) is 0 Å². The van der Waals surface area contributed by atoms with Crippen LogP contribution in [0.1, 0.15) is 35.1 Å². The molecule has 0 radical (unpaired) electrons. The highest BCUT2D eigenvalue weighted by Gasteiger charge is 2.38. The lowest BCUT2D eigenvalue weighted by Gasteiger charge is -2.21. The van der Waals surface area contributed by atoms with Gasteiger partial charge in [0.05, 0.1) is 18.7 Å². The molecule has 4 aromatic carbocycles. The number of azide groups is 1. The molecule has 1 aliphatic rings. The molecule has 40 heavy (non-hydrogen) atoms. The van der Waals surface area contributed by atoms with Gasteiger partial charge in [0.2, 0.25) is 0 Å². The number of ether oxygens (including phenoxy) is 1. The molecule has 2 atom stereocenters. The van der Waals surface area contributed by atoms with E-state index in [0.717, 1.165) is 22.1 Å². The maximum absolute atomic E-state index is 14.8. The Bertz CT molecular complexity index is 1740. The molecule has 5 aromatic rings. The maximum Gasteiger partial charge on any atom is 0.548 e. The van der Waals surface area contributed by atoms with Crippen LogP contribution in [0.25, 0.3) is 21.3 Å². The van der Waals surface area contributed by atoms with Gasteiger partial charge >= 0.3 is 7.75 Å². The average molecular weight is 571 g/mol. The van der Waals surface area contributed by atoms with Crippen LogP contribution >= 0.6 is 19.3 Å². The van der Waals surface area contributed by atoms with Crippen LogP contribution in [0.3, 0.4) is 0 Å². The minimum atomic E-state index is -4.05. The third-order valence-electron chi connectivity index (χ3n) is 7.02. The lowest BCUT2D eigenvalue weighted by atomic mass is 9.92. The molecule has 0 spiro atoms. The molecule has 1 aliphatic carbocycles. The summed E-state index contributed by atoms with van der Waals surface area (Å²) in [5, 5.41) is 5.44. The van der Waals surface area contributed by atoms with Crippen molar-refractivity contribution < 1.29 is 18.3 Å². The van der Waals surface area contributed by atoms with Gasteiger partial charge in [0, 0.05) is 27.4 Å². The first kappa shape index (κ1) is 25.9. The largest absolute Gasteiger partial charge is 0.548 e. The van der Waals surface area contributed by atoms with Gasteiger partial charge in [-0.2, -0.15) is 0 Å². The van der Waals surface area contributed by atoms with Crippen molar-refractivity contribution in [2.75, 3.05) is 7.11 Å². The monoisotopic (exact) mass is 570 g/mol. The van der Waals surface area contributed by atoms with Gasteiger partial charge in [0.25, 0.3) is 0 Å². The van der Waals surface area contributed by atoms with Gasteiger partial charge in [-0.3, -0.25) is 0 Å². The Kier molecular flexibility index (Phi) is 6.91. The Morgan fingerprint density at radius 2 is 1.55 bits per heavy atom. The van der Waals surface area contributed by atoms with Gasteiger partial charge in [-0.05, 0) is 83.2 Å². The van der Waals surface area contributed by atoms with Crippen LogP contribution in [0.4, 0.5) is 0 Å². The molecule has 0 amide bonds. The summed E-state index contributed by atoms with van der Waals surface area (Å²) in [6, 6.07) is 28.7. The van der Waals surface area contributed by atoms with Gasteiger partial charge in [0.1, 0.15) is 17.2 Å². The van der Waals surface area contributed by atoms with Crippen LogP contribution < -0.4 is 13.8 Å². The van der Waals surface area contributed by atoms with Crippen LogP contribution in [0.2, 0.25) is 5.02 Å². The number of aromatic nitrogens is 1. The molecule has 0 saturated heterocycles. The molecule has 1 aromatic heterocycles. The number of hydrogen-bond donors (Lipinski definition) is 0. The number of benzene rings is 4. The SMILES string of the molecule is COc1ccc2c(c1)c(C1CC(N=[N+]=[N-])c3cc(Cl)ccc31)cn2P(=O)(Oc1ccccc1)Oc1ccccc1. The van der Waals surface area contributed by atoms with E-state index in [-0.39, 0.29) is 12.0 Å². The standard InChI is InChI=1S/C30H24ClN4O4P/c1-37-23-13-15-30-27(17-23)28(25-18-29(33-34-32)26-16-20(31)12-14-24(25)26)19-35(30)40(36,38-21-8-4-2-5-9-21)39-22-10-6-3-7-11-22/h2-17,19,25,29H,18H2,1H3. The lowest BCUT2D eigenvalue weighted by Crippen LogP contribution is -2.09. The zero-order valence-electron chi connectivity index (χ0n) is 21.4. The van der Waals surface area contributed by atoms with E-state index >= 15 is 0 Å². The molecule has 0 bridgehead atoms. The number of rotatable bonds is 8. The summed E-state index contributed by atoms with van der Waals surface area (Å²) in [6.07, 6.45) is 2.34. The van der Waals surface area contributed by atoms with Crippen molar-refractivity contribution in [2.45, 2.75) is 18.4 Å². The number of halogens is 1. The summed E-state index contributed by atoms with van der Waals surface area (Å²) < 4.78 is 34.3. The predicted molar refractivity (Wildman–Crippen MR) is 155 cm³/mol. The minimum absolute atomic E-state index is 0.166. The summed E-state index contributed by atoms with van der Waals surface area (Å²) in [5.74, 6) is 1.29. The quantitative estimate of drug-likeness (QED) is 0.0803. The highest BCUT2D eigenvalue weighted by molar-refractivity contribution is 7.53. The molecular weight excluding hydrogens is 547 g/mol. The molecule has 0 N–H and O–H groups in total. The van der Waals surface area contributed by atoms with Crippen molar-refractivity contribution in [1.29, 1.82) is 0 Å². The molecule has 0 saturated carbocycles. The van der Waals surface area contributed by atoms with E-state index in [1.165, 1.54) is 0 Å². The van der Waals surface area contributed by atoms with Crippen molar-refractivity contribution >= 4 is 30.3 Å². The topological polar surface area (TPSA) is 98.5 Å². The van der Waals surface area contributed by atoms with E-state index in [0.29, 0.717) is 34.2 Å². The second-order valence-corrected chi connectivity index (χ2v) is 11.5. The Morgan fingerprint density at radius 1 is 0.875 bits per heavy atom. The first-order valence-electron chi connectivity index (χ1n) is 12.6. The fourth-order valence-corrected chi connectivity index (χ4v) is 7.13. The normalized spacial score (nSPS) is 16.2. The Balaban J connectivity index is 1.56. The third-order valence-corrected chi connectivity index (χ3v) is 9.00. The average Bonchev–Trinajstić information content (AvgIpc) is 3.52. The number of methoxy groups -OCH3 is 1. The number of fused-ring (bicyclic) bond motifs is 2. The molecule has 6 rings (SSSR count). The Morgan fingerprint density at radius 3 is 2.17 bits per heavy atom. The number of nitrogens with zero attached hydrogens (tertiary/aromatic N) is 4. The second kappa shape index (κ2) is 10.7. The maximum atomic E-state index is 14.8. The summed E-state index contributed by atoms with van der Waals surface area (Å²) in [4.78, 5) is 3.07. The number of para-hydroxylation sites is 2. The molecule has 10 heteroatoms. The number of hydrogen-bond acceptors (Lipinski definition) is 5. The molecular formula is C30H24ClN4O4P. The van der Waals surface area contributed by atoms with Gasteiger partial charge < -0.3 is 13.8 Å². The van der Waals surface area contributed by atoms with Crippen molar-refractivity contribution in [1.82, 2.24) is 4.34 Å². The molecule has 2 unspecified atom stereocenters. The van der Waals surface area contributed by atoms with Crippen LogP contribution in [0.15, 0.2) is 108 Å². The summed E-state index contributed by atoms with van der Waals surface area (Å²) in [5.41, 5.74) is 12.6. The zero-order chi connectivity index (χ0) is 27.7. The van der Waals surface area contributed by atoms with Crippen molar-refractivity contribution in [3.63, 3.8) is 0 Å². The van der Waals surface area contributed by atoms with Crippen molar-refractivity contribution in [3.05, 3.63) is 135 Å². The first-order valence-corrected chi connectivity index (χ1v) is 14.5. The summed E-state index contributed by atoms with van der Waals surface area (Å²) in [7, 11) is -2.45. The third kappa shape index (κ3) is 4.78. The van der Waals surface area contributed by atoms with Gasteiger partial charge in [-0.15, -0.1) is 0 Å². The van der Waals surface area contributed by atoms with Gasteiger partial charge in [-0.1, -0.05) is 59.2 Å². The Labute approximate surface area is 235 Å². The fraction of sp³-hybridized carbons (Fsp3) is 0.133. The van der Waals surface area contributed by atoms with Crippen LogP contribution in [-0.4, -0.2) is 11.4 Å². The van der Waals surface area contributed by atoms with Crippen molar-refractivity contribution in [3.8, 4) is 17.2 Å². The predicted octanol–water partition coefficient (Wildman–Crippen LogP) is 9.30. The second-order valence-electron chi connectivity index (χ2n) is 9.37. The van der Waals surface area contributed by atoms with Crippen LogP contribution in [0, 0.1) is 0 Å². The van der Waals surface area contributed by atoms with E-state index in [4.69, 9.17) is 25.4 Å². The minimum Gasteiger partial charge on any atom is -0.497 e. The van der Waals surface area contributed by atoms with E-state index < -0.39 is 7.75 Å². The van der Waals surface area contributed by atoms with E-state index in [1.807, 2.05) is 79.0 Å². The summed E-state index contributed by atoms with van der Waals surface area (Å²) in [6.45, 7) is 0. The van der Waals surface area contributed by atoms with E-state index in [9.17, 15) is 10.1 Å². The smallest absolute Gasteiger partial charge is 0.497 e. The fourth-order valence-electron chi connectivity index (χ4n) is 5.25. The van der Waals surface area contributed by atoms with Crippen LogP contribution in [-0.2, 0) is 4.57 Å². The zero-order valence-corrected chi connectivity index (χ0v) is 23.1. The van der Waals surface area contributed by atoms with Gasteiger partial charge in [-0.25, -0.2) is 8.90 Å². The first-order chi connectivity index (χ1) is 19.5. The Hall–Kier alpha value is -4.35. The highest BCUT2D eigenvalue weighted by Crippen LogP contribution is 2.55. The van der Waals surface area contributed by atoms with Crippen LogP contribution in [0.5, 0.6) is 17.2 Å². The summed E-state index contributed by atoms with van der Waals surface area (Å²) >= 11 is 6.31. The lowest BCUT2D eigenvalue weighted by molar-refractivity contribution is 0.376. The molecule has 0 fully saturated rings. The highest BCUT2D eigenvalue weighted by atomic mass is 35.5. The van der Waals surface area contributed by atoms with E-state index in [1.54, 1.807) is 35.7 Å². The molecule has 1 heterocycles. The van der Waals surface area contributed by atoms with Crippen molar-refractivity contribution in [2.24, 2.45) is 5.11 Å². The molecule has 0 aliphatic heterocycles.